The summed E-state index contributed by atoms with van der Waals surface area (Å²) >= 11 is 0. The van der Waals surface area contributed by atoms with Gasteiger partial charge in [0.25, 0.3) is 5.91 Å². The van der Waals surface area contributed by atoms with Gasteiger partial charge in [0, 0.05) is 38.1 Å². The van der Waals surface area contributed by atoms with Gasteiger partial charge in [-0.2, -0.15) is 18.3 Å². The molecule has 1 aromatic carbocycles. The minimum Gasteiger partial charge on any atom is -0.336 e. The SMILES string of the molecule is O=C(c1cnn(-c2cccc(C(F)(F)F)c2)c1C1CC1)N1CCN(C2CCCC2)CC1. The van der Waals surface area contributed by atoms with Crippen LogP contribution in [0.4, 0.5) is 13.2 Å². The highest BCUT2D eigenvalue weighted by Gasteiger charge is 2.36. The zero-order valence-electron chi connectivity index (χ0n) is 17.4. The summed E-state index contributed by atoms with van der Waals surface area (Å²) in [5.74, 6) is 0.127. The van der Waals surface area contributed by atoms with E-state index in [1.807, 2.05) is 4.90 Å². The van der Waals surface area contributed by atoms with Crippen LogP contribution in [0.15, 0.2) is 30.5 Å². The Kier molecular flexibility index (Phi) is 5.28. The number of piperazine rings is 1. The zero-order valence-corrected chi connectivity index (χ0v) is 17.4. The summed E-state index contributed by atoms with van der Waals surface area (Å²) < 4.78 is 41.1. The Morgan fingerprint density at radius 2 is 1.71 bits per heavy atom. The van der Waals surface area contributed by atoms with Gasteiger partial charge in [0.15, 0.2) is 0 Å². The number of aromatic nitrogens is 2. The van der Waals surface area contributed by atoms with Crippen LogP contribution in [0, 0.1) is 0 Å². The predicted molar refractivity (Wildman–Crippen MR) is 110 cm³/mol. The van der Waals surface area contributed by atoms with Crippen molar-refractivity contribution in [1.82, 2.24) is 19.6 Å². The van der Waals surface area contributed by atoms with Gasteiger partial charge in [0.1, 0.15) is 0 Å². The third-order valence-corrected chi connectivity index (χ3v) is 6.86. The molecular formula is C23H27F3N4O. The van der Waals surface area contributed by atoms with Crippen LogP contribution < -0.4 is 0 Å². The molecule has 8 heteroatoms. The van der Waals surface area contributed by atoms with Crippen LogP contribution in [0.5, 0.6) is 0 Å². The molecule has 166 valence electrons. The van der Waals surface area contributed by atoms with Gasteiger partial charge in [0.2, 0.25) is 0 Å². The van der Waals surface area contributed by atoms with Gasteiger partial charge in [-0.25, -0.2) is 4.68 Å². The Balaban J connectivity index is 1.37. The Morgan fingerprint density at radius 1 is 1.00 bits per heavy atom. The van der Waals surface area contributed by atoms with Crippen LogP contribution in [-0.4, -0.2) is 57.7 Å². The minimum atomic E-state index is -4.42. The third kappa shape index (κ3) is 4.10. The van der Waals surface area contributed by atoms with Crippen molar-refractivity contribution >= 4 is 5.91 Å². The number of halogens is 3. The van der Waals surface area contributed by atoms with E-state index in [4.69, 9.17) is 0 Å². The molecule has 2 aliphatic carbocycles. The average molecular weight is 432 g/mol. The lowest BCUT2D eigenvalue weighted by Crippen LogP contribution is -2.51. The molecule has 1 saturated heterocycles. The molecule has 0 bridgehead atoms. The maximum atomic E-state index is 13.3. The second-order valence-corrected chi connectivity index (χ2v) is 8.94. The molecule has 5 rings (SSSR count). The Labute approximate surface area is 179 Å². The maximum absolute atomic E-state index is 13.3. The predicted octanol–water partition coefficient (Wildman–Crippen LogP) is 4.47. The standard InChI is InChI=1S/C23H27F3N4O/c24-23(25,26)17-4-3-7-19(14-17)30-21(16-8-9-16)20(15-27-30)22(31)29-12-10-28(11-13-29)18-5-1-2-6-18/h3-4,7,14-16,18H,1-2,5-6,8-13H2. The number of carbonyl (C=O) groups excluding carboxylic acids is 1. The highest BCUT2D eigenvalue weighted by atomic mass is 19.4. The molecule has 3 aliphatic rings. The van der Waals surface area contributed by atoms with Crippen molar-refractivity contribution in [2.24, 2.45) is 0 Å². The molecule has 1 amide bonds. The van der Waals surface area contributed by atoms with Gasteiger partial charge in [0.05, 0.1) is 28.7 Å². The van der Waals surface area contributed by atoms with Crippen molar-refractivity contribution in [1.29, 1.82) is 0 Å². The number of hydrogen-bond donors (Lipinski definition) is 0. The summed E-state index contributed by atoms with van der Waals surface area (Å²) in [6.07, 6.45) is 4.08. The monoisotopic (exact) mass is 432 g/mol. The van der Waals surface area contributed by atoms with Crippen LogP contribution in [0.1, 0.15) is 66.1 Å². The Morgan fingerprint density at radius 3 is 2.35 bits per heavy atom. The first-order chi connectivity index (χ1) is 14.9. The third-order valence-electron chi connectivity index (χ3n) is 6.86. The smallest absolute Gasteiger partial charge is 0.336 e. The molecule has 1 aliphatic heterocycles. The molecule has 3 fully saturated rings. The van der Waals surface area contributed by atoms with Crippen molar-refractivity contribution in [3.8, 4) is 5.69 Å². The van der Waals surface area contributed by atoms with Crippen molar-refractivity contribution in [3.63, 3.8) is 0 Å². The fourth-order valence-corrected chi connectivity index (χ4v) is 5.02. The summed E-state index contributed by atoms with van der Waals surface area (Å²) in [4.78, 5) is 17.7. The lowest BCUT2D eigenvalue weighted by atomic mass is 10.1. The van der Waals surface area contributed by atoms with E-state index >= 15 is 0 Å². The topological polar surface area (TPSA) is 41.4 Å². The number of nitrogens with zero attached hydrogens (tertiary/aromatic N) is 4. The molecule has 2 saturated carbocycles. The summed E-state index contributed by atoms with van der Waals surface area (Å²) in [5.41, 5.74) is 0.928. The number of rotatable bonds is 4. The molecule has 2 aromatic rings. The second kappa shape index (κ2) is 7.97. The quantitative estimate of drug-likeness (QED) is 0.716. The van der Waals surface area contributed by atoms with Crippen molar-refractivity contribution in [3.05, 3.63) is 47.3 Å². The highest BCUT2D eigenvalue weighted by molar-refractivity contribution is 5.95. The molecule has 31 heavy (non-hydrogen) atoms. The molecule has 5 nitrogen and oxygen atoms in total. The number of carbonyl (C=O) groups is 1. The van der Waals surface area contributed by atoms with Crippen LogP contribution in [0.2, 0.25) is 0 Å². The summed E-state index contributed by atoms with van der Waals surface area (Å²) in [5, 5.41) is 4.36. The lowest BCUT2D eigenvalue weighted by Gasteiger charge is -2.38. The molecule has 1 aromatic heterocycles. The normalized spacial score (nSPS) is 21.1. The van der Waals surface area contributed by atoms with E-state index in [0.29, 0.717) is 30.4 Å². The van der Waals surface area contributed by atoms with E-state index in [1.165, 1.54) is 36.4 Å². The van der Waals surface area contributed by atoms with E-state index in [2.05, 4.69) is 10.00 Å². The molecule has 2 heterocycles. The van der Waals surface area contributed by atoms with Crippen LogP contribution in [0.3, 0.4) is 0 Å². The van der Waals surface area contributed by atoms with Crippen LogP contribution in [0.25, 0.3) is 5.69 Å². The fraction of sp³-hybridized carbons (Fsp3) is 0.565. The van der Waals surface area contributed by atoms with Crippen LogP contribution in [-0.2, 0) is 6.18 Å². The first kappa shape index (κ1) is 20.5. The Hall–Kier alpha value is -2.35. The van der Waals surface area contributed by atoms with Gasteiger partial charge < -0.3 is 4.90 Å². The maximum Gasteiger partial charge on any atom is 0.416 e. The molecule has 0 radical (unpaired) electrons. The number of benzene rings is 1. The molecule has 0 unspecified atom stereocenters. The first-order valence-corrected chi connectivity index (χ1v) is 11.2. The minimum absolute atomic E-state index is 0.0498. The lowest BCUT2D eigenvalue weighted by molar-refractivity contribution is -0.137. The number of hydrogen-bond acceptors (Lipinski definition) is 3. The van der Waals surface area contributed by atoms with E-state index in [-0.39, 0.29) is 11.8 Å². The van der Waals surface area contributed by atoms with Crippen molar-refractivity contribution < 1.29 is 18.0 Å². The molecule has 0 N–H and O–H groups in total. The summed E-state index contributed by atoms with van der Waals surface area (Å²) in [6, 6.07) is 5.82. The summed E-state index contributed by atoms with van der Waals surface area (Å²) in [6.45, 7) is 3.15. The van der Waals surface area contributed by atoms with Crippen molar-refractivity contribution in [2.75, 3.05) is 26.2 Å². The van der Waals surface area contributed by atoms with E-state index in [9.17, 15) is 18.0 Å². The van der Waals surface area contributed by atoms with E-state index in [0.717, 1.165) is 43.8 Å². The molecular weight excluding hydrogens is 405 g/mol. The zero-order chi connectivity index (χ0) is 21.6. The number of alkyl halides is 3. The van der Waals surface area contributed by atoms with Gasteiger partial charge in [-0.3, -0.25) is 9.69 Å². The summed E-state index contributed by atoms with van der Waals surface area (Å²) in [7, 11) is 0. The van der Waals surface area contributed by atoms with Gasteiger partial charge in [-0.15, -0.1) is 0 Å². The average Bonchev–Trinajstić information content (AvgIpc) is 3.27. The fourth-order valence-electron chi connectivity index (χ4n) is 5.02. The van der Waals surface area contributed by atoms with Gasteiger partial charge >= 0.3 is 6.18 Å². The van der Waals surface area contributed by atoms with Gasteiger partial charge in [-0.1, -0.05) is 18.9 Å². The molecule has 0 spiro atoms. The van der Waals surface area contributed by atoms with Gasteiger partial charge in [-0.05, 0) is 43.9 Å². The van der Waals surface area contributed by atoms with E-state index < -0.39 is 11.7 Å². The number of amides is 1. The molecule has 0 atom stereocenters. The Bertz CT molecular complexity index is 952. The highest BCUT2D eigenvalue weighted by Crippen LogP contribution is 2.43. The van der Waals surface area contributed by atoms with E-state index in [1.54, 1.807) is 12.3 Å². The van der Waals surface area contributed by atoms with Crippen LogP contribution >= 0.6 is 0 Å². The largest absolute Gasteiger partial charge is 0.416 e. The van der Waals surface area contributed by atoms with Crippen molar-refractivity contribution in [2.45, 2.75) is 56.7 Å². The second-order valence-electron chi connectivity index (χ2n) is 8.94. The first-order valence-electron chi connectivity index (χ1n) is 11.2.